The molecule has 0 aliphatic rings. The zero-order chi connectivity index (χ0) is 59.0. The van der Waals surface area contributed by atoms with Crippen LogP contribution in [0.15, 0.2) is 303 Å². The smallest absolute Gasteiger partial charge is 0.0561 e. The molecule has 0 heterocycles. The summed E-state index contributed by atoms with van der Waals surface area (Å²) >= 11 is 0. The first-order valence-electron chi connectivity index (χ1n) is 30.5. The molecule has 0 aliphatic carbocycles. The molecule has 0 fully saturated rings. The maximum atomic E-state index is 2.53. The minimum Gasteiger partial charge on any atom is -0.310 e. The first kappa shape index (κ1) is 52.4. The van der Waals surface area contributed by atoms with Gasteiger partial charge in [0.2, 0.25) is 0 Å². The molecule has 0 atom stereocenters. The van der Waals surface area contributed by atoms with Crippen LogP contribution in [-0.2, 0) is 0 Å². The van der Waals surface area contributed by atoms with Gasteiger partial charge in [-0.2, -0.15) is 0 Å². The van der Waals surface area contributed by atoms with Gasteiger partial charge in [0, 0.05) is 77.8 Å². The number of hydrogen-bond acceptors (Lipinski definition) is 4. The molecule has 88 heavy (non-hydrogen) atoms. The van der Waals surface area contributed by atoms with Crippen molar-refractivity contribution in [2.45, 2.75) is 27.7 Å². The Labute approximate surface area is 513 Å². The van der Waals surface area contributed by atoms with Crippen molar-refractivity contribution >= 4 is 144 Å². The second-order valence-corrected chi connectivity index (χ2v) is 23.3. The first-order valence-corrected chi connectivity index (χ1v) is 30.5. The van der Waals surface area contributed by atoms with Crippen molar-refractivity contribution in [1.29, 1.82) is 0 Å². The summed E-state index contributed by atoms with van der Waals surface area (Å²) in [6.07, 6.45) is 0. The van der Waals surface area contributed by atoms with E-state index in [9.17, 15) is 0 Å². The summed E-state index contributed by atoms with van der Waals surface area (Å²) in [6.45, 7) is 9.16. The van der Waals surface area contributed by atoms with Crippen LogP contribution in [0.25, 0.3) is 75.4 Å². The molecule has 0 radical (unpaired) electrons. The number of hydrogen-bond donors (Lipinski definition) is 0. The minimum atomic E-state index is 1.07. The van der Waals surface area contributed by atoms with Crippen LogP contribution >= 0.6 is 0 Å². The van der Waals surface area contributed by atoms with Gasteiger partial charge in [-0.3, -0.25) is 0 Å². The molecule has 16 aromatic carbocycles. The second-order valence-electron chi connectivity index (χ2n) is 23.3. The zero-order valence-corrected chi connectivity index (χ0v) is 49.7. The highest BCUT2D eigenvalue weighted by atomic mass is 15.2. The molecule has 0 spiro atoms. The van der Waals surface area contributed by atoms with E-state index in [1.165, 1.54) is 76.1 Å². The highest BCUT2D eigenvalue weighted by molar-refractivity contribution is 6.33. The molecular formula is C84H62N4. The monoisotopic (exact) mass is 1130 g/mol. The normalized spacial score (nSPS) is 11.6. The SMILES string of the molecule is Cc1c(N(c2ccccc2)c2cc(N(c3ccccc3)c3ccc4ccccc4c3C)c3ccc4c(N(c5ccccc5)c5ccc6ccccc6c5C)cc(N(c5ccccc5)c5ccc6ccccc6c5C)c5ccc2c3c54)ccc2ccccc12. The summed E-state index contributed by atoms with van der Waals surface area (Å²) in [6, 6.07) is 112. The molecule has 418 valence electrons. The fraction of sp³-hybridized carbons (Fsp3) is 0.0476. The van der Waals surface area contributed by atoms with E-state index in [0.29, 0.717) is 0 Å². The summed E-state index contributed by atoms with van der Waals surface area (Å²) in [7, 11) is 0. The number of para-hydroxylation sites is 4. The number of rotatable bonds is 12. The Morgan fingerprint density at radius 2 is 0.375 bits per heavy atom. The highest BCUT2D eigenvalue weighted by Gasteiger charge is 2.31. The van der Waals surface area contributed by atoms with Crippen molar-refractivity contribution in [1.82, 2.24) is 0 Å². The standard InChI is InChI=1S/C84H62N4/c1-55-67-37-21-17-25-59(67)41-49-75(55)85(63-29-9-5-10-30-63)79-53-80(86(64-31-11-6-12-32-64)76-50-42-60-26-18-22-38-68(60)56(76)2)72-47-48-74-82(88(66-35-15-8-16-36-66)78-52-44-62-28-20-24-40-70(62)58(78)4)54-81(73-46-45-71(79)83(72)84(73)74)87(65-33-13-7-14-34-65)77-51-43-61-27-19-23-39-69(61)57(77)3/h5-54H,1-4H3. The number of benzene rings is 16. The van der Waals surface area contributed by atoms with Gasteiger partial charge in [0.05, 0.1) is 22.7 Å². The van der Waals surface area contributed by atoms with E-state index in [2.05, 4.69) is 351 Å². The van der Waals surface area contributed by atoms with Crippen molar-refractivity contribution in [3.05, 3.63) is 326 Å². The number of nitrogens with zero attached hydrogens (tertiary/aromatic N) is 4. The van der Waals surface area contributed by atoms with Crippen molar-refractivity contribution in [3.63, 3.8) is 0 Å². The second kappa shape index (κ2) is 21.4. The fourth-order valence-electron chi connectivity index (χ4n) is 14.2. The Balaban J connectivity index is 1.11. The van der Waals surface area contributed by atoms with E-state index in [0.717, 1.165) is 89.8 Å². The Morgan fingerprint density at radius 1 is 0.170 bits per heavy atom. The quantitative estimate of drug-likeness (QED) is 0.113. The van der Waals surface area contributed by atoms with Gasteiger partial charge in [-0.25, -0.2) is 0 Å². The van der Waals surface area contributed by atoms with E-state index in [1.807, 2.05) is 0 Å². The Kier molecular flexibility index (Phi) is 12.7. The van der Waals surface area contributed by atoms with E-state index >= 15 is 0 Å². The highest BCUT2D eigenvalue weighted by Crippen LogP contribution is 2.56. The maximum Gasteiger partial charge on any atom is 0.0561 e. The van der Waals surface area contributed by atoms with Gasteiger partial charge in [-0.15, -0.1) is 0 Å². The predicted molar refractivity (Wildman–Crippen MR) is 378 cm³/mol. The van der Waals surface area contributed by atoms with Crippen LogP contribution < -0.4 is 19.6 Å². The molecule has 0 bridgehead atoms. The molecule has 16 aromatic rings. The van der Waals surface area contributed by atoms with Crippen LogP contribution in [0.4, 0.5) is 68.2 Å². The molecule has 0 saturated heterocycles. The average molecular weight is 1130 g/mol. The molecule has 0 saturated carbocycles. The summed E-state index contributed by atoms with van der Waals surface area (Å²) in [5.41, 5.74) is 17.9. The largest absolute Gasteiger partial charge is 0.310 e. The van der Waals surface area contributed by atoms with Gasteiger partial charge < -0.3 is 19.6 Å². The van der Waals surface area contributed by atoms with Gasteiger partial charge in [-0.1, -0.05) is 218 Å². The van der Waals surface area contributed by atoms with Gasteiger partial charge in [0.15, 0.2) is 0 Å². The van der Waals surface area contributed by atoms with Crippen LogP contribution in [-0.4, -0.2) is 0 Å². The van der Waals surface area contributed by atoms with Crippen molar-refractivity contribution in [2.24, 2.45) is 0 Å². The number of fused-ring (bicyclic) bond motifs is 4. The summed E-state index contributed by atoms with van der Waals surface area (Å²) in [5, 5.41) is 16.7. The van der Waals surface area contributed by atoms with Crippen LogP contribution in [0, 0.1) is 27.7 Å². The molecule has 0 aromatic heterocycles. The lowest BCUT2D eigenvalue weighted by molar-refractivity contribution is 1.24. The van der Waals surface area contributed by atoms with Crippen LogP contribution in [0.1, 0.15) is 22.3 Å². The van der Waals surface area contributed by atoms with Gasteiger partial charge in [0.25, 0.3) is 0 Å². The molecule has 0 unspecified atom stereocenters. The molecule has 0 aliphatic heterocycles. The van der Waals surface area contributed by atoms with Gasteiger partial charge >= 0.3 is 0 Å². The van der Waals surface area contributed by atoms with E-state index in [-0.39, 0.29) is 0 Å². The third-order valence-electron chi connectivity index (χ3n) is 18.5. The van der Waals surface area contributed by atoms with Crippen LogP contribution in [0.2, 0.25) is 0 Å². The van der Waals surface area contributed by atoms with E-state index in [4.69, 9.17) is 0 Å². The Bertz CT molecular complexity index is 4670. The Morgan fingerprint density at radius 3 is 0.602 bits per heavy atom. The average Bonchev–Trinajstić information content (AvgIpc) is 0.745. The van der Waals surface area contributed by atoms with Crippen LogP contribution in [0.5, 0.6) is 0 Å². The van der Waals surface area contributed by atoms with Crippen molar-refractivity contribution in [3.8, 4) is 0 Å². The van der Waals surface area contributed by atoms with Crippen molar-refractivity contribution < 1.29 is 0 Å². The van der Waals surface area contributed by atoms with Gasteiger partial charge in [-0.05, 0) is 178 Å². The summed E-state index contributed by atoms with van der Waals surface area (Å²) in [4.78, 5) is 10.1. The zero-order valence-electron chi connectivity index (χ0n) is 49.7. The first-order chi connectivity index (χ1) is 43.4. The molecule has 0 amide bonds. The summed E-state index contributed by atoms with van der Waals surface area (Å²) in [5.74, 6) is 0. The number of anilines is 12. The predicted octanol–water partition coefficient (Wildman–Crippen LogP) is 24.3. The molecule has 4 heteroatoms. The van der Waals surface area contributed by atoms with E-state index in [1.54, 1.807) is 0 Å². The molecule has 16 rings (SSSR count). The molecule has 4 nitrogen and oxygen atoms in total. The maximum absolute atomic E-state index is 2.53. The van der Waals surface area contributed by atoms with E-state index < -0.39 is 0 Å². The lowest BCUT2D eigenvalue weighted by Gasteiger charge is -2.35. The lowest BCUT2D eigenvalue weighted by atomic mass is 9.88. The van der Waals surface area contributed by atoms with Crippen LogP contribution in [0.3, 0.4) is 0 Å². The molecular weight excluding hydrogens is 1060 g/mol. The lowest BCUT2D eigenvalue weighted by Crippen LogP contribution is -2.17. The van der Waals surface area contributed by atoms with Gasteiger partial charge in [0.1, 0.15) is 0 Å². The molecule has 0 N–H and O–H groups in total. The Hall–Kier alpha value is -11.2. The topological polar surface area (TPSA) is 13.0 Å². The fourth-order valence-corrected chi connectivity index (χ4v) is 14.2. The summed E-state index contributed by atoms with van der Waals surface area (Å²) < 4.78 is 0. The third kappa shape index (κ3) is 8.51. The van der Waals surface area contributed by atoms with Crippen molar-refractivity contribution in [2.75, 3.05) is 19.6 Å². The third-order valence-corrected chi connectivity index (χ3v) is 18.5. The number of aryl methyl sites for hydroxylation is 4. The minimum absolute atomic E-state index is 1.07.